The predicted molar refractivity (Wildman–Crippen MR) is 74.8 cm³/mol. The molecular formula is C8H6I2O6S. The molecule has 9 heteroatoms. The monoisotopic (exact) mass is 484 g/mol. The number of halogens is 2. The number of carbonyl (C=O) groups is 1. The first-order valence-corrected chi connectivity index (χ1v) is 7.62. The third kappa shape index (κ3) is 4.22. The largest absolute Gasteiger partial charge is 0.480 e. The zero-order chi connectivity index (χ0) is 13.2. The van der Waals surface area contributed by atoms with Crippen molar-refractivity contribution in [2.24, 2.45) is 0 Å². The van der Waals surface area contributed by atoms with Crippen LogP contribution in [0.2, 0.25) is 0 Å². The maximum Gasteiger partial charge on any atom is 0.341 e. The van der Waals surface area contributed by atoms with Crippen molar-refractivity contribution in [1.29, 1.82) is 0 Å². The Morgan fingerprint density at radius 3 is 2.12 bits per heavy atom. The van der Waals surface area contributed by atoms with Crippen LogP contribution < -0.4 is 4.74 Å². The molecule has 1 aromatic rings. The van der Waals surface area contributed by atoms with Crippen molar-refractivity contribution < 1.29 is 27.6 Å². The van der Waals surface area contributed by atoms with Gasteiger partial charge in [0.1, 0.15) is 5.75 Å². The lowest BCUT2D eigenvalue weighted by molar-refractivity contribution is -0.139. The third-order valence-electron chi connectivity index (χ3n) is 1.61. The van der Waals surface area contributed by atoms with Gasteiger partial charge in [-0.25, -0.2) is 4.79 Å². The Balaban J connectivity index is 3.15. The van der Waals surface area contributed by atoms with Crippen LogP contribution in [0.25, 0.3) is 0 Å². The van der Waals surface area contributed by atoms with Crippen LogP contribution in [0.15, 0.2) is 17.0 Å². The Morgan fingerprint density at radius 1 is 1.29 bits per heavy atom. The van der Waals surface area contributed by atoms with E-state index in [9.17, 15) is 13.2 Å². The molecule has 17 heavy (non-hydrogen) atoms. The number of hydrogen-bond donors (Lipinski definition) is 2. The molecule has 6 nitrogen and oxygen atoms in total. The molecule has 0 saturated heterocycles. The number of benzene rings is 1. The second-order valence-corrected chi connectivity index (χ2v) is 6.62. The highest BCUT2D eigenvalue weighted by atomic mass is 127. The van der Waals surface area contributed by atoms with E-state index in [0.29, 0.717) is 7.14 Å². The summed E-state index contributed by atoms with van der Waals surface area (Å²) in [7, 11) is -4.28. The van der Waals surface area contributed by atoms with E-state index in [1.807, 2.05) is 0 Å². The Labute approximate surface area is 124 Å². The summed E-state index contributed by atoms with van der Waals surface area (Å²) in [6, 6.07) is 2.41. The van der Waals surface area contributed by atoms with Gasteiger partial charge in [0.25, 0.3) is 10.1 Å². The van der Waals surface area contributed by atoms with Crippen LogP contribution in [-0.2, 0) is 14.9 Å². The molecule has 0 unspecified atom stereocenters. The molecule has 0 bridgehead atoms. The van der Waals surface area contributed by atoms with Crippen molar-refractivity contribution in [2.45, 2.75) is 4.90 Å². The minimum atomic E-state index is -4.28. The van der Waals surface area contributed by atoms with Crippen molar-refractivity contribution in [3.63, 3.8) is 0 Å². The summed E-state index contributed by atoms with van der Waals surface area (Å²) < 4.78 is 36.6. The molecule has 0 atom stereocenters. The van der Waals surface area contributed by atoms with E-state index in [0.717, 1.165) is 0 Å². The molecule has 0 heterocycles. The maximum absolute atomic E-state index is 10.9. The molecule has 0 aromatic heterocycles. The molecule has 0 radical (unpaired) electrons. The molecule has 94 valence electrons. The lowest BCUT2D eigenvalue weighted by Gasteiger charge is -2.09. The molecule has 0 amide bonds. The minimum Gasteiger partial charge on any atom is -0.480 e. The molecule has 0 spiro atoms. The van der Waals surface area contributed by atoms with Gasteiger partial charge in [-0.3, -0.25) is 4.55 Å². The summed E-state index contributed by atoms with van der Waals surface area (Å²) in [5, 5.41) is 8.47. The maximum atomic E-state index is 10.9. The average Bonchev–Trinajstić information content (AvgIpc) is 2.14. The van der Waals surface area contributed by atoms with Crippen LogP contribution in [0.3, 0.4) is 0 Å². The summed E-state index contributed by atoms with van der Waals surface area (Å²) in [6.45, 7) is -0.517. The van der Waals surface area contributed by atoms with Crippen molar-refractivity contribution >= 4 is 61.3 Å². The van der Waals surface area contributed by atoms with E-state index < -0.39 is 22.7 Å². The Bertz CT molecular complexity index is 530. The summed E-state index contributed by atoms with van der Waals surface area (Å²) in [5.41, 5.74) is 0. The van der Waals surface area contributed by atoms with Gasteiger partial charge in [0, 0.05) is 0 Å². The summed E-state index contributed by atoms with van der Waals surface area (Å²) in [6.07, 6.45) is 0. The van der Waals surface area contributed by atoms with Crippen LogP contribution in [0.5, 0.6) is 5.75 Å². The number of ether oxygens (including phenoxy) is 1. The minimum absolute atomic E-state index is 0.256. The zero-order valence-electron chi connectivity index (χ0n) is 8.05. The van der Waals surface area contributed by atoms with Gasteiger partial charge in [0.2, 0.25) is 0 Å². The molecule has 1 rings (SSSR count). The molecule has 0 fully saturated rings. The topological polar surface area (TPSA) is 101 Å². The molecule has 0 aliphatic heterocycles. The number of carboxylic acids is 1. The fraction of sp³-hybridized carbons (Fsp3) is 0.125. The van der Waals surface area contributed by atoms with Crippen LogP contribution in [0.1, 0.15) is 0 Å². The summed E-state index contributed by atoms with van der Waals surface area (Å²) in [5.74, 6) is -0.851. The highest BCUT2D eigenvalue weighted by molar-refractivity contribution is 14.1. The van der Waals surface area contributed by atoms with E-state index in [1.54, 1.807) is 45.2 Å². The molecule has 1 aromatic carbocycles. The lowest BCUT2D eigenvalue weighted by Crippen LogP contribution is -2.11. The fourth-order valence-corrected chi connectivity index (χ4v) is 3.99. The van der Waals surface area contributed by atoms with Crippen molar-refractivity contribution in [2.75, 3.05) is 6.61 Å². The SMILES string of the molecule is O=C(O)COc1c(I)cc(S(=O)(=O)O)cc1I. The van der Waals surface area contributed by atoms with Gasteiger partial charge >= 0.3 is 5.97 Å². The Hall–Kier alpha value is -0.140. The van der Waals surface area contributed by atoms with E-state index in [2.05, 4.69) is 0 Å². The van der Waals surface area contributed by atoms with Crippen molar-refractivity contribution in [3.8, 4) is 5.75 Å². The van der Waals surface area contributed by atoms with Crippen LogP contribution in [0.4, 0.5) is 0 Å². The average molecular weight is 484 g/mol. The highest BCUT2D eigenvalue weighted by Crippen LogP contribution is 2.30. The number of rotatable bonds is 4. The second-order valence-electron chi connectivity index (χ2n) is 2.87. The van der Waals surface area contributed by atoms with Crippen LogP contribution >= 0.6 is 45.2 Å². The molecular weight excluding hydrogens is 478 g/mol. The normalized spacial score (nSPS) is 11.2. The van der Waals surface area contributed by atoms with Crippen LogP contribution in [0, 0.1) is 7.14 Å². The molecule has 0 aliphatic carbocycles. The van der Waals surface area contributed by atoms with Gasteiger partial charge in [0.05, 0.1) is 12.0 Å². The first kappa shape index (κ1) is 14.9. The standard InChI is InChI=1S/C8H6I2O6S/c9-5-1-4(17(13,14)15)2-6(10)8(5)16-3-7(11)12/h1-2H,3H2,(H,11,12)(H,13,14,15). The van der Waals surface area contributed by atoms with Gasteiger partial charge < -0.3 is 9.84 Å². The Morgan fingerprint density at radius 2 is 1.76 bits per heavy atom. The van der Waals surface area contributed by atoms with Gasteiger partial charge in [0.15, 0.2) is 6.61 Å². The second kappa shape index (κ2) is 5.67. The fourth-order valence-electron chi connectivity index (χ4n) is 0.957. The van der Waals surface area contributed by atoms with Crippen molar-refractivity contribution in [3.05, 3.63) is 19.3 Å². The molecule has 2 N–H and O–H groups in total. The number of hydrogen-bond acceptors (Lipinski definition) is 4. The highest BCUT2D eigenvalue weighted by Gasteiger charge is 2.16. The smallest absolute Gasteiger partial charge is 0.341 e. The Kier molecular flexibility index (Phi) is 4.97. The first-order chi connectivity index (χ1) is 7.71. The van der Waals surface area contributed by atoms with Crippen LogP contribution in [-0.4, -0.2) is 30.7 Å². The molecule has 0 saturated carbocycles. The zero-order valence-corrected chi connectivity index (χ0v) is 13.2. The van der Waals surface area contributed by atoms with E-state index in [1.165, 1.54) is 12.1 Å². The number of carboxylic acid groups (broad SMARTS) is 1. The summed E-state index contributed by atoms with van der Waals surface area (Å²) >= 11 is 3.60. The van der Waals surface area contributed by atoms with Gasteiger partial charge in [-0.1, -0.05) is 0 Å². The molecule has 0 aliphatic rings. The lowest BCUT2D eigenvalue weighted by atomic mass is 10.3. The van der Waals surface area contributed by atoms with E-state index in [-0.39, 0.29) is 10.6 Å². The quantitative estimate of drug-likeness (QED) is 0.498. The predicted octanol–water partition coefficient (Wildman–Crippen LogP) is 1.61. The van der Waals surface area contributed by atoms with Gasteiger partial charge in [-0.15, -0.1) is 0 Å². The van der Waals surface area contributed by atoms with Crippen molar-refractivity contribution in [1.82, 2.24) is 0 Å². The first-order valence-electron chi connectivity index (χ1n) is 4.03. The summed E-state index contributed by atoms with van der Waals surface area (Å²) in [4.78, 5) is 10.1. The van der Waals surface area contributed by atoms with E-state index in [4.69, 9.17) is 14.4 Å². The third-order valence-corrected chi connectivity index (χ3v) is 4.04. The number of aliphatic carboxylic acids is 1. The van der Waals surface area contributed by atoms with Gasteiger partial charge in [-0.05, 0) is 57.3 Å². The van der Waals surface area contributed by atoms with E-state index >= 15 is 0 Å². The van der Waals surface area contributed by atoms with Gasteiger partial charge in [-0.2, -0.15) is 8.42 Å².